The van der Waals surface area contributed by atoms with E-state index in [9.17, 15) is 0 Å². The largest absolute Gasteiger partial charge is 0.456 e. The number of hydrogen-bond donors (Lipinski definition) is 1. The minimum atomic E-state index is 0.577. The van der Waals surface area contributed by atoms with Gasteiger partial charge in [0.2, 0.25) is 0 Å². The van der Waals surface area contributed by atoms with Crippen molar-refractivity contribution < 1.29 is 4.74 Å². The van der Waals surface area contributed by atoms with Gasteiger partial charge in [0.15, 0.2) is 0 Å². The molecule has 0 radical (unpaired) electrons. The maximum atomic E-state index is 6.12. The lowest BCUT2D eigenvalue weighted by molar-refractivity contribution is 0.482. The first-order valence-electron chi connectivity index (χ1n) is 6.92. The van der Waals surface area contributed by atoms with Crippen LogP contribution in [0.25, 0.3) is 10.8 Å². The van der Waals surface area contributed by atoms with Crippen molar-refractivity contribution in [1.29, 1.82) is 0 Å². The lowest BCUT2D eigenvalue weighted by Gasteiger charge is -2.13. The smallest absolute Gasteiger partial charge is 0.135 e. The lowest BCUT2D eigenvalue weighted by Crippen LogP contribution is -2.04. The summed E-state index contributed by atoms with van der Waals surface area (Å²) in [5.74, 6) is 1.60. The monoisotopic (exact) mass is 297 g/mol. The van der Waals surface area contributed by atoms with Crippen molar-refractivity contribution in [2.45, 2.75) is 6.42 Å². The van der Waals surface area contributed by atoms with Gasteiger partial charge in [0.25, 0.3) is 0 Å². The predicted molar refractivity (Wildman–Crippen MR) is 88.2 cm³/mol. The predicted octanol–water partition coefficient (Wildman–Crippen LogP) is 4.79. The van der Waals surface area contributed by atoms with Crippen LogP contribution in [-0.4, -0.2) is 6.54 Å². The summed E-state index contributed by atoms with van der Waals surface area (Å²) in [6.45, 7) is 0.577. The van der Waals surface area contributed by atoms with Gasteiger partial charge in [-0.05, 0) is 42.1 Å². The van der Waals surface area contributed by atoms with Crippen LogP contribution in [-0.2, 0) is 6.42 Å². The standard InChI is InChI=1S/C18H16ClNO/c19-15-9-8-14(10-11-20)18(12-15)21-17-7-3-5-13-4-1-2-6-16(13)17/h1-9,12H,10-11,20H2. The van der Waals surface area contributed by atoms with Gasteiger partial charge >= 0.3 is 0 Å². The highest BCUT2D eigenvalue weighted by Crippen LogP contribution is 2.33. The van der Waals surface area contributed by atoms with Gasteiger partial charge in [0.1, 0.15) is 11.5 Å². The van der Waals surface area contributed by atoms with Crippen LogP contribution >= 0.6 is 11.6 Å². The van der Waals surface area contributed by atoms with Gasteiger partial charge in [0.05, 0.1) is 0 Å². The average molecular weight is 298 g/mol. The molecule has 3 aromatic rings. The molecule has 2 nitrogen and oxygen atoms in total. The number of nitrogens with two attached hydrogens (primary N) is 1. The maximum absolute atomic E-state index is 6.12. The first kappa shape index (κ1) is 13.9. The van der Waals surface area contributed by atoms with E-state index in [1.807, 2.05) is 42.5 Å². The molecular weight excluding hydrogens is 282 g/mol. The zero-order chi connectivity index (χ0) is 14.7. The first-order chi connectivity index (χ1) is 10.3. The van der Waals surface area contributed by atoms with Crippen LogP contribution in [0.4, 0.5) is 0 Å². The third-order valence-corrected chi connectivity index (χ3v) is 3.65. The van der Waals surface area contributed by atoms with Crippen LogP contribution in [0.5, 0.6) is 11.5 Å². The Bertz CT molecular complexity index is 765. The molecule has 0 fully saturated rings. The molecule has 0 atom stereocenters. The molecule has 0 spiro atoms. The third-order valence-electron chi connectivity index (χ3n) is 3.41. The van der Waals surface area contributed by atoms with Gasteiger partial charge in [-0.3, -0.25) is 0 Å². The van der Waals surface area contributed by atoms with Crippen molar-refractivity contribution in [3.05, 3.63) is 71.2 Å². The zero-order valence-electron chi connectivity index (χ0n) is 11.6. The Labute approximate surface area is 129 Å². The summed E-state index contributed by atoms with van der Waals surface area (Å²) in [4.78, 5) is 0. The minimum absolute atomic E-state index is 0.577. The van der Waals surface area contributed by atoms with E-state index >= 15 is 0 Å². The summed E-state index contributed by atoms with van der Waals surface area (Å²) in [5.41, 5.74) is 6.73. The van der Waals surface area contributed by atoms with E-state index in [2.05, 4.69) is 18.2 Å². The maximum Gasteiger partial charge on any atom is 0.135 e. The Morgan fingerprint density at radius 2 is 1.71 bits per heavy atom. The highest BCUT2D eigenvalue weighted by molar-refractivity contribution is 6.30. The summed E-state index contributed by atoms with van der Waals surface area (Å²) in [6, 6.07) is 19.9. The van der Waals surface area contributed by atoms with Gasteiger partial charge in [0, 0.05) is 10.4 Å². The van der Waals surface area contributed by atoms with Crippen LogP contribution in [0.3, 0.4) is 0 Å². The average Bonchev–Trinajstić information content (AvgIpc) is 2.50. The van der Waals surface area contributed by atoms with Gasteiger partial charge in [-0.15, -0.1) is 0 Å². The Morgan fingerprint density at radius 1 is 0.905 bits per heavy atom. The summed E-state index contributed by atoms with van der Waals surface area (Å²) < 4.78 is 6.12. The Balaban J connectivity index is 2.04. The quantitative estimate of drug-likeness (QED) is 0.751. The van der Waals surface area contributed by atoms with E-state index in [0.29, 0.717) is 11.6 Å². The van der Waals surface area contributed by atoms with E-state index in [1.54, 1.807) is 0 Å². The summed E-state index contributed by atoms with van der Waals surface area (Å²) in [6.07, 6.45) is 0.761. The number of halogens is 1. The van der Waals surface area contributed by atoms with E-state index in [-0.39, 0.29) is 0 Å². The minimum Gasteiger partial charge on any atom is -0.456 e. The Hall–Kier alpha value is -2.03. The summed E-state index contributed by atoms with van der Waals surface area (Å²) in [5, 5.41) is 2.89. The van der Waals surface area contributed by atoms with E-state index in [1.165, 1.54) is 0 Å². The van der Waals surface area contributed by atoms with Crippen LogP contribution in [0, 0.1) is 0 Å². The van der Waals surface area contributed by atoms with E-state index < -0.39 is 0 Å². The molecule has 0 amide bonds. The highest BCUT2D eigenvalue weighted by Gasteiger charge is 2.08. The van der Waals surface area contributed by atoms with Crippen LogP contribution in [0.1, 0.15) is 5.56 Å². The molecule has 2 N–H and O–H groups in total. The Kier molecular flexibility index (Phi) is 4.09. The van der Waals surface area contributed by atoms with Gasteiger partial charge in [-0.1, -0.05) is 54.1 Å². The molecule has 0 aliphatic carbocycles. The van der Waals surface area contributed by atoms with Gasteiger partial charge in [-0.25, -0.2) is 0 Å². The second-order valence-corrected chi connectivity index (χ2v) is 5.31. The van der Waals surface area contributed by atoms with Crippen molar-refractivity contribution in [2.24, 2.45) is 5.73 Å². The van der Waals surface area contributed by atoms with E-state index in [4.69, 9.17) is 22.1 Å². The first-order valence-corrected chi connectivity index (χ1v) is 7.30. The van der Waals surface area contributed by atoms with Crippen molar-refractivity contribution in [2.75, 3.05) is 6.54 Å². The molecule has 0 unspecified atom stereocenters. The van der Waals surface area contributed by atoms with Gasteiger partial charge < -0.3 is 10.5 Å². The molecule has 3 heteroatoms. The van der Waals surface area contributed by atoms with Crippen molar-refractivity contribution >= 4 is 22.4 Å². The van der Waals surface area contributed by atoms with Crippen LogP contribution < -0.4 is 10.5 Å². The molecule has 0 heterocycles. The number of benzene rings is 3. The molecule has 106 valence electrons. The SMILES string of the molecule is NCCc1ccc(Cl)cc1Oc1cccc2ccccc12. The number of rotatable bonds is 4. The van der Waals surface area contributed by atoms with E-state index in [0.717, 1.165) is 34.3 Å². The fourth-order valence-electron chi connectivity index (χ4n) is 2.39. The molecule has 0 saturated heterocycles. The van der Waals surface area contributed by atoms with Crippen LogP contribution in [0.15, 0.2) is 60.7 Å². The second-order valence-electron chi connectivity index (χ2n) is 4.87. The number of ether oxygens (including phenoxy) is 1. The Morgan fingerprint density at radius 3 is 2.57 bits per heavy atom. The molecule has 0 aliphatic rings. The van der Waals surface area contributed by atoms with Crippen molar-refractivity contribution in [3.63, 3.8) is 0 Å². The zero-order valence-corrected chi connectivity index (χ0v) is 12.3. The molecular formula is C18H16ClNO. The third kappa shape index (κ3) is 3.02. The van der Waals surface area contributed by atoms with Crippen molar-refractivity contribution in [1.82, 2.24) is 0 Å². The fourth-order valence-corrected chi connectivity index (χ4v) is 2.55. The number of fused-ring (bicyclic) bond motifs is 1. The summed E-state index contributed by atoms with van der Waals surface area (Å²) in [7, 11) is 0. The van der Waals surface area contributed by atoms with Crippen molar-refractivity contribution in [3.8, 4) is 11.5 Å². The molecule has 3 aromatic carbocycles. The molecule has 0 aromatic heterocycles. The second kappa shape index (κ2) is 6.17. The lowest BCUT2D eigenvalue weighted by atomic mass is 10.1. The topological polar surface area (TPSA) is 35.2 Å². The molecule has 0 saturated carbocycles. The fraction of sp³-hybridized carbons (Fsp3) is 0.111. The molecule has 0 bridgehead atoms. The van der Waals surface area contributed by atoms with Gasteiger partial charge in [-0.2, -0.15) is 0 Å². The molecule has 0 aliphatic heterocycles. The molecule has 3 rings (SSSR count). The highest BCUT2D eigenvalue weighted by atomic mass is 35.5. The van der Waals surface area contributed by atoms with Crippen LogP contribution in [0.2, 0.25) is 5.02 Å². The normalized spacial score (nSPS) is 10.8. The summed E-state index contributed by atoms with van der Waals surface area (Å²) >= 11 is 6.09. The molecule has 21 heavy (non-hydrogen) atoms. The number of hydrogen-bond acceptors (Lipinski definition) is 2.